The molecule has 0 spiro atoms. The lowest BCUT2D eigenvalue weighted by molar-refractivity contribution is -0.126. The molecule has 1 unspecified atom stereocenters. The first kappa shape index (κ1) is 15.8. The number of aromatic amines is 1. The summed E-state index contributed by atoms with van der Waals surface area (Å²) in [6.45, 7) is 4.24. The topological polar surface area (TPSA) is 57.8 Å². The van der Waals surface area contributed by atoms with E-state index >= 15 is 0 Å². The number of nitrogens with one attached hydrogen (secondary N) is 2. The van der Waals surface area contributed by atoms with Crippen molar-refractivity contribution in [1.82, 2.24) is 15.5 Å². The highest BCUT2D eigenvalue weighted by Crippen LogP contribution is 2.32. The Balaban J connectivity index is 1.78. The van der Waals surface area contributed by atoms with E-state index in [0.717, 1.165) is 43.4 Å². The molecule has 1 amide bonds. The molecule has 0 radical (unpaired) electrons. The number of benzene rings is 1. The van der Waals surface area contributed by atoms with E-state index < -0.39 is 0 Å². The van der Waals surface area contributed by atoms with E-state index in [1.54, 1.807) is 0 Å². The fourth-order valence-electron chi connectivity index (χ4n) is 3.37. The average Bonchev–Trinajstić information content (AvgIpc) is 3.03. The molecule has 4 nitrogen and oxygen atoms in total. The van der Waals surface area contributed by atoms with Gasteiger partial charge in [-0.1, -0.05) is 44.2 Å². The second kappa shape index (κ2) is 6.99. The molecule has 0 fully saturated rings. The Morgan fingerprint density at radius 3 is 2.74 bits per heavy atom. The number of carbonyl (C=O) groups is 1. The third kappa shape index (κ3) is 3.31. The van der Waals surface area contributed by atoms with E-state index in [4.69, 9.17) is 0 Å². The molecule has 0 saturated carbocycles. The summed E-state index contributed by atoms with van der Waals surface area (Å²) >= 11 is 0. The maximum atomic E-state index is 12.6. The van der Waals surface area contributed by atoms with Crippen molar-refractivity contribution in [3.05, 3.63) is 41.6 Å². The zero-order valence-corrected chi connectivity index (χ0v) is 13.9. The smallest absolute Gasteiger partial charge is 0.223 e. The van der Waals surface area contributed by atoms with E-state index in [0.29, 0.717) is 6.04 Å². The molecule has 1 aliphatic carbocycles. The van der Waals surface area contributed by atoms with Crippen molar-refractivity contribution in [2.24, 2.45) is 5.92 Å². The second-order valence-electron chi connectivity index (χ2n) is 6.36. The molecule has 1 heterocycles. The molecule has 23 heavy (non-hydrogen) atoms. The van der Waals surface area contributed by atoms with Crippen molar-refractivity contribution in [1.29, 1.82) is 0 Å². The number of hydrogen-bond donors (Lipinski definition) is 2. The van der Waals surface area contributed by atoms with Crippen LogP contribution in [0.15, 0.2) is 30.3 Å². The first-order valence-corrected chi connectivity index (χ1v) is 8.64. The maximum absolute atomic E-state index is 12.6. The van der Waals surface area contributed by atoms with Crippen molar-refractivity contribution >= 4 is 5.91 Å². The first-order valence-electron chi connectivity index (χ1n) is 8.64. The Hall–Kier alpha value is -2.10. The average molecular weight is 311 g/mol. The maximum Gasteiger partial charge on any atom is 0.223 e. The molecule has 0 aliphatic heterocycles. The molecular weight excluding hydrogens is 286 g/mol. The van der Waals surface area contributed by atoms with Crippen LogP contribution < -0.4 is 5.32 Å². The van der Waals surface area contributed by atoms with E-state index in [1.807, 2.05) is 18.2 Å². The normalized spacial score (nSPS) is 17.1. The van der Waals surface area contributed by atoms with Gasteiger partial charge in [0.05, 0.1) is 5.69 Å². The van der Waals surface area contributed by atoms with Crippen LogP contribution in [-0.2, 0) is 17.6 Å². The molecule has 0 saturated heterocycles. The first-order chi connectivity index (χ1) is 11.2. The van der Waals surface area contributed by atoms with Gasteiger partial charge in [0, 0.05) is 28.8 Å². The fraction of sp³-hybridized carbons (Fsp3) is 0.474. The van der Waals surface area contributed by atoms with Gasteiger partial charge in [-0.2, -0.15) is 5.10 Å². The van der Waals surface area contributed by atoms with Gasteiger partial charge in [-0.3, -0.25) is 9.89 Å². The number of aromatic nitrogens is 2. The van der Waals surface area contributed by atoms with Gasteiger partial charge in [-0.25, -0.2) is 0 Å². The Labute approximate surface area is 137 Å². The number of fused-ring (bicyclic) bond motifs is 1. The summed E-state index contributed by atoms with van der Waals surface area (Å²) in [6.07, 6.45) is 4.55. The minimum atomic E-state index is 0.0585. The van der Waals surface area contributed by atoms with Gasteiger partial charge in [0.15, 0.2) is 0 Å². The molecule has 4 heteroatoms. The lowest BCUT2D eigenvalue weighted by Gasteiger charge is -2.24. The van der Waals surface area contributed by atoms with E-state index in [9.17, 15) is 4.79 Å². The lowest BCUT2D eigenvalue weighted by Crippen LogP contribution is -2.40. The molecule has 1 aromatic carbocycles. The molecule has 1 atom stereocenters. The summed E-state index contributed by atoms with van der Waals surface area (Å²) in [5.74, 6) is 0.257. The number of amides is 1. The van der Waals surface area contributed by atoms with Gasteiger partial charge in [0.25, 0.3) is 0 Å². The van der Waals surface area contributed by atoms with Crippen molar-refractivity contribution in [3.63, 3.8) is 0 Å². The summed E-state index contributed by atoms with van der Waals surface area (Å²) in [6, 6.07) is 10.5. The van der Waals surface area contributed by atoms with Gasteiger partial charge < -0.3 is 5.32 Å². The van der Waals surface area contributed by atoms with Crippen LogP contribution in [0.5, 0.6) is 0 Å². The van der Waals surface area contributed by atoms with E-state index in [1.165, 1.54) is 11.3 Å². The number of nitrogens with zero attached hydrogens (tertiary/aromatic N) is 1. The summed E-state index contributed by atoms with van der Waals surface area (Å²) in [4.78, 5) is 12.6. The van der Waals surface area contributed by atoms with Gasteiger partial charge >= 0.3 is 0 Å². The highest BCUT2D eigenvalue weighted by Gasteiger charge is 2.29. The van der Waals surface area contributed by atoms with Crippen molar-refractivity contribution in [2.75, 3.05) is 0 Å². The summed E-state index contributed by atoms with van der Waals surface area (Å²) in [5.41, 5.74) is 4.52. The highest BCUT2D eigenvalue weighted by atomic mass is 16.1. The summed E-state index contributed by atoms with van der Waals surface area (Å²) in [5, 5.41) is 10.9. The van der Waals surface area contributed by atoms with E-state index in [-0.39, 0.29) is 11.8 Å². The molecule has 3 rings (SSSR count). The SMILES string of the molecule is CCC(CC)NC(=O)C1CCc2[nH]nc(-c3ccccc3)c2C1. The summed E-state index contributed by atoms with van der Waals surface area (Å²) < 4.78 is 0. The summed E-state index contributed by atoms with van der Waals surface area (Å²) in [7, 11) is 0. The van der Waals surface area contributed by atoms with Crippen molar-refractivity contribution in [2.45, 2.75) is 52.0 Å². The van der Waals surface area contributed by atoms with Gasteiger partial charge in [-0.05, 0) is 32.1 Å². The Morgan fingerprint density at radius 1 is 1.30 bits per heavy atom. The van der Waals surface area contributed by atoms with Gasteiger partial charge in [0.2, 0.25) is 5.91 Å². The van der Waals surface area contributed by atoms with Crippen molar-refractivity contribution < 1.29 is 4.79 Å². The Kier molecular flexibility index (Phi) is 4.79. The quantitative estimate of drug-likeness (QED) is 0.888. The van der Waals surface area contributed by atoms with Crippen LogP contribution in [0.4, 0.5) is 0 Å². The number of H-pyrrole nitrogens is 1. The van der Waals surface area contributed by atoms with Gasteiger partial charge in [0.1, 0.15) is 0 Å². The van der Waals surface area contributed by atoms with Crippen LogP contribution >= 0.6 is 0 Å². The molecule has 2 aromatic rings. The third-order valence-electron chi connectivity index (χ3n) is 4.90. The lowest BCUT2D eigenvalue weighted by atomic mass is 9.84. The van der Waals surface area contributed by atoms with E-state index in [2.05, 4.69) is 41.5 Å². The van der Waals surface area contributed by atoms with Crippen LogP contribution in [-0.4, -0.2) is 22.1 Å². The molecule has 2 N–H and O–H groups in total. The largest absolute Gasteiger partial charge is 0.353 e. The molecule has 1 aliphatic rings. The number of hydrogen-bond acceptors (Lipinski definition) is 2. The van der Waals surface area contributed by atoms with Crippen LogP contribution in [0.1, 0.15) is 44.4 Å². The van der Waals surface area contributed by atoms with Crippen LogP contribution in [0.2, 0.25) is 0 Å². The minimum absolute atomic E-state index is 0.0585. The fourth-order valence-corrected chi connectivity index (χ4v) is 3.37. The number of aryl methyl sites for hydroxylation is 1. The minimum Gasteiger partial charge on any atom is -0.353 e. The molecule has 1 aromatic heterocycles. The molecule has 0 bridgehead atoms. The third-order valence-corrected chi connectivity index (χ3v) is 4.90. The second-order valence-corrected chi connectivity index (χ2v) is 6.36. The number of carbonyl (C=O) groups excluding carboxylic acids is 1. The molecular formula is C19H25N3O. The van der Waals surface area contributed by atoms with Crippen LogP contribution in [0.3, 0.4) is 0 Å². The Bertz CT molecular complexity index is 659. The predicted molar refractivity (Wildman–Crippen MR) is 92.1 cm³/mol. The standard InChI is InChI=1S/C19H25N3O/c1-3-15(4-2)20-19(23)14-10-11-17-16(12-14)18(22-21-17)13-8-6-5-7-9-13/h5-9,14-15H,3-4,10-12H2,1-2H3,(H,20,23)(H,21,22). The van der Waals surface area contributed by atoms with Crippen LogP contribution in [0.25, 0.3) is 11.3 Å². The zero-order chi connectivity index (χ0) is 16.2. The monoisotopic (exact) mass is 311 g/mol. The Morgan fingerprint density at radius 2 is 2.04 bits per heavy atom. The zero-order valence-electron chi connectivity index (χ0n) is 13.9. The van der Waals surface area contributed by atoms with Gasteiger partial charge in [-0.15, -0.1) is 0 Å². The van der Waals surface area contributed by atoms with Crippen molar-refractivity contribution in [3.8, 4) is 11.3 Å². The predicted octanol–water partition coefficient (Wildman–Crippen LogP) is 3.49. The molecule has 122 valence electrons. The number of rotatable bonds is 5. The van der Waals surface area contributed by atoms with Crippen LogP contribution in [0, 0.1) is 5.92 Å². The highest BCUT2D eigenvalue weighted by molar-refractivity contribution is 5.80.